The van der Waals surface area contributed by atoms with Crippen molar-refractivity contribution in [1.82, 2.24) is 14.5 Å². The molecule has 2 heterocycles. The first-order valence-corrected chi connectivity index (χ1v) is 21.5. The van der Waals surface area contributed by atoms with Gasteiger partial charge in [0.15, 0.2) is 8.07 Å². The fraction of sp³-hybridized carbons (Fsp3) is 0.115. The van der Waals surface area contributed by atoms with Crippen LogP contribution in [0.15, 0.2) is 170 Å². The standard InChI is InChI=1S/C52H44N3OSi.Pt/c1-35-29-30-53-49-44(35)33-42(57(39-19-9-6-10-20-39,40-21-11-7-12-22-40)41-23-13-8-14-24-41)34-45(49)37-18-15-17-36(31-37)43-25-16-26-47-50(43)54-51(55(47)5)46-32-38(52(2,3)4)27-28-48(46)56;/h6-30,32-34,56H,1-5H3;/q-1;. The van der Waals surface area contributed by atoms with E-state index in [0.29, 0.717) is 0 Å². The number of benzene rings is 7. The molecule has 9 aromatic rings. The van der Waals surface area contributed by atoms with Gasteiger partial charge in [-0.3, -0.25) is 4.98 Å². The van der Waals surface area contributed by atoms with E-state index in [4.69, 9.17) is 9.97 Å². The molecule has 288 valence electrons. The third-order valence-electron chi connectivity index (χ3n) is 11.5. The van der Waals surface area contributed by atoms with Crippen LogP contribution in [0.5, 0.6) is 5.75 Å². The maximum Gasteiger partial charge on any atom is 0.179 e. The average molecular weight is 950 g/mol. The number of phenolic OH excluding ortho intramolecular Hbond substituents is 1. The van der Waals surface area contributed by atoms with Crippen LogP contribution < -0.4 is 20.7 Å². The molecule has 7 aromatic carbocycles. The molecule has 0 unspecified atom stereocenters. The molecule has 0 aliphatic carbocycles. The van der Waals surface area contributed by atoms with E-state index in [1.165, 1.54) is 26.3 Å². The first kappa shape index (κ1) is 39.0. The van der Waals surface area contributed by atoms with Crippen molar-refractivity contribution >= 4 is 50.8 Å². The van der Waals surface area contributed by atoms with E-state index in [0.717, 1.165) is 61.1 Å². The Balaban J connectivity index is 0.00000469. The summed E-state index contributed by atoms with van der Waals surface area (Å²) in [6.45, 7) is 8.73. The number of phenols is 1. The molecule has 0 saturated heterocycles. The monoisotopic (exact) mass is 949 g/mol. The molecule has 0 spiro atoms. The summed E-state index contributed by atoms with van der Waals surface area (Å²) >= 11 is 0. The maximum absolute atomic E-state index is 11.1. The number of rotatable bonds is 7. The number of fused-ring (bicyclic) bond motifs is 2. The molecule has 0 bridgehead atoms. The second-order valence-corrected chi connectivity index (χ2v) is 19.8. The van der Waals surface area contributed by atoms with Gasteiger partial charge < -0.3 is 9.67 Å². The molecular formula is C52H44N3OPtSi-. The molecule has 0 saturated carbocycles. The number of imidazole rings is 1. The van der Waals surface area contributed by atoms with Crippen LogP contribution >= 0.6 is 0 Å². The number of aromatic nitrogens is 3. The maximum atomic E-state index is 11.1. The molecule has 0 aliphatic heterocycles. The predicted octanol–water partition coefficient (Wildman–Crippen LogP) is 9.61. The van der Waals surface area contributed by atoms with Gasteiger partial charge in [-0.05, 0) is 68.7 Å². The van der Waals surface area contributed by atoms with Crippen LogP contribution in [0.25, 0.3) is 55.6 Å². The number of pyridine rings is 1. The van der Waals surface area contributed by atoms with Crippen molar-refractivity contribution < 1.29 is 26.2 Å². The summed E-state index contributed by atoms with van der Waals surface area (Å²) in [5.41, 5.74) is 9.71. The Morgan fingerprint density at radius 2 is 1.17 bits per heavy atom. The molecule has 4 nitrogen and oxygen atoms in total. The summed E-state index contributed by atoms with van der Waals surface area (Å²) < 4.78 is 2.08. The Bertz CT molecular complexity index is 2820. The van der Waals surface area contributed by atoms with E-state index in [1.54, 1.807) is 6.07 Å². The summed E-state index contributed by atoms with van der Waals surface area (Å²) in [7, 11) is -0.830. The molecule has 2 aromatic heterocycles. The van der Waals surface area contributed by atoms with Gasteiger partial charge in [0.2, 0.25) is 0 Å². The van der Waals surface area contributed by atoms with Crippen LogP contribution in [0.1, 0.15) is 31.9 Å². The Morgan fingerprint density at radius 1 is 0.586 bits per heavy atom. The van der Waals surface area contributed by atoms with E-state index in [-0.39, 0.29) is 32.2 Å². The molecule has 1 N–H and O–H groups in total. The van der Waals surface area contributed by atoms with Crippen molar-refractivity contribution in [3.8, 4) is 39.4 Å². The molecule has 6 heteroatoms. The quantitative estimate of drug-likeness (QED) is 0.0985. The summed E-state index contributed by atoms with van der Waals surface area (Å²) in [5, 5.41) is 17.5. The molecule has 0 radical (unpaired) electrons. The van der Waals surface area contributed by atoms with Gasteiger partial charge >= 0.3 is 0 Å². The van der Waals surface area contributed by atoms with Gasteiger partial charge in [-0.1, -0.05) is 158 Å². The van der Waals surface area contributed by atoms with Crippen LogP contribution in [-0.2, 0) is 33.5 Å². The number of nitrogens with zero attached hydrogens (tertiary/aromatic N) is 3. The van der Waals surface area contributed by atoms with E-state index >= 15 is 0 Å². The van der Waals surface area contributed by atoms with Gasteiger partial charge in [-0.15, -0.1) is 35.4 Å². The van der Waals surface area contributed by atoms with Crippen molar-refractivity contribution in [2.75, 3.05) is 0 Å². The van der Waals surface area contributed by atoms with Gasteiger partial charge in [0, 0.05) is 39.8 Å². The van der Waals surface area contributed by atoms with E-state index in [9.17, 15) is 5.11 Å². The normalized spacial score (nSPS) is 11.8. The molecular weight excluding hydrogens is 906 g/mol. The average Bonchev–Trinajstić information content (AvgIpc) is 3.58. The fourth-order valence-corrected chi connectivity index (χ4v) is 13.3. The third-order valence-corrected chi connectivity index (χ3v) is 16.3. The Morgan fingerprint density at radius 3 is 1.78 bits per heavy atom. The second-order valence-electron chi connectivity index (χ2n) is 16.0. The van der Waals surface area contributed by atoms with Gasteiger partial charge in [0.25, 0.3) is 0 Å². The first-order valence-electron chi connectivity index (χ1n) is 19.5. The Kier molecular flexibility index (Phi) is 10.4. The second kappa shape index (κ2) is 15.5. The van der Waals surface area contributed by atoms with Crippen molar-refractivity contribution in [3.63, 3.8) is 0 Å². The van der Waals surface area contributed by atoms with Crippen LogP contribution in [0.3, 0.4) is 0 Å². The molecule has 9 rings (SSSR count). The Hall–Kier alpha value is -5.87. The topological polar surface area (TPSA) is 50.9 Å². The number of hydrogen-bond acceptors (Lipinski definition) is 3. The van der Waals surface area contributed by atoms with E-state index < -0.39 is 8.07 Å². The van der Waals surface area contributed by atoms with Crippen molar-refractivity contribution in [3.05, 3.63) is 187 Å². The minimum absolute atomic E-state index is 0. The summed E-state index contributed by atoms with van der Waals surface area (Å²) in [4.78, 5) is 10.3. The van der Waals surface area contributed by atoms with Crippen LogP contribution in [0, 0.1) is 13.0 Å². The largest absolute Gasteiger partial charge is 0.507 e. The van der Waals surface area contributed by atoms with Gasteiger partial charge in [-0.25, -0.2) is 4.98 Å². The van der Waals surface area contributed by atoms with Crippen LogP contribution in [0.4, 0.5) is 0 Å². The molecule has 0 fully saturated rings. The first-order chi connectivity index (χ1) is 27.6. The van der Waals surface area contributed by atoms with Gasteiger partial charge in [-0.2, -0.15) is 0 Å². The van der Waals surface area contributed by atoms with Crippen molar-refractivity contribution in [1.29, 1.82) is 0 Å². The summed E-state index contributed by atoms with van der Waals surface area (Å²) in [5.74, 6) is 0.937. The zero-order valence-corrected chi connectivity index (χ0v) is 36.5. The molecule has 58 heavy (non-hydrogen) atoms. The number of hydrogen-bond donors (Lipinski definition) is 1. The molecule has 0 amide bonds. The molecule has 0 aliphatic rings. The minimum Gasteiger partial charge on any atom is -0.507 e. The summed E-state index contributed by atoms with van der Waals surface area (Å²) in [6, 6.07) is 62.5. The van der Waals surface area contributed by atoms with Gasteiger partial charge in [0.05, 0.1) is 16.6 Å². The van der Waals surface area contributed by atoms with Crippen LogP contribution in [0.2, 0.25) is 0 Å². The Labute approximate surface area is 356 Å². The third kappa shape index (κ3) is 6.63. The smallest absolute Gasteiger partial charge is 0.179 e. The number of aromatic hydroxyl groups is 1. The fourth-order valence-electron chi connectivity index (χ4n) is 8.51. The zero-order valence-electron chi connectivity index (χ0n) is 33.3. The van der Waals surface area contributed by atoms with Crippen LogP contribution in [-0.4, -0.2) is 27.7 Å². The minimum atomic E-state index is -2.85. The van der Waals surface area contributed by atoms with Crippen molar-refractivity contribution in [2.24, 2.45) is 7.05 Å². The number of para-hydroxylation sites is 1. The van der Waals surface area contributed by atoms with Gasteiger partial charge in [0.1, 0.15) is 11.6 Å². The molecule has 0 atom stereocenters. The number of aryl methyl sites for hydroxylation is 2. The van der Waals surface area contributed by atoms with E-state index in [1.807, 2.05) is 19.3 Å². The van der Waals surface area contributed by atoms with E-state index in [2.05, 4.69) is 190 Å². The summed E-state index contributed by atoms with van der Waals surface area (Å²) in [6.07, 6.45) is 1.92. The van der Waals surface area contributed by atoms with Crippen molar-refractivity contribution in [2.45, 2.75) is 33.1 Å². The predicted molar refractivity (Wildman–Crippen MR) is 240 cm³/mol. The zero-order chi connectivity index (χ0) is 39.3. The SMILES string of the molecule is Cc1ccnc2c(-c3[c-]c(-c4cccc5c4nc(-c4cc(C(C)(C)C)ccc4O)n5C)ccc3)cc([Si](c3ccccc3)(c3ccccc3)c3ccccc3)cc12.[Pt].